The molecular weight excluding hydrogens is 266 g/mol. The molecule has 4 heteroatoms. The van der Waals surface area contributed by atoms with Gasteiger partial charge in [-0.3, -0.25) is 0 Å². The standard InChI is InChI=1S/C17H17NO3/c1-12-7-6-10-14(11-12)21-16(17(19)20-2)15(18)13-8-4-3-5-9-13/h3-11H,18H2,1-2H3/b16-15+. The van der Waals surface area contributed by atoms with E-state index < -0.39 is 5.97 Å². The van der Waals surface area contributed by atoms with E-state index in [-0.39, 0.29) is 11.5 Å². The van der Waals surface area contributed by atoms with E-state index in [0.717, 1.165) is 5.56 Å². The molecule has 108 valence electrons. The van der Waals surface area contributed by atoms with Gasteiger partial charge in [0, 0.05) is 5.56 Å². The molecule has 2 N–H and O–H groups in total. The summed E-state index contributed by atoms with van der Waals surface area (Å²) in [7, 11) is 1.29. The Labute approximate surface area is 123 Å². The number of nitrogens with two attached hydrogens (primary N) is 1. The summed E-state index contributed by atoms with van der Waals surface area (Å²) in [5.74, 6) is -0.0959. The highest BCUT2D eigenvalue weighted by Crippen LogP contribution is 2.21. The summed E-state index contributed by atoms with van der Waals surface area (Å²) >= 11 is 0. The summed E-state index contributed by atoms with van der Waals surface area (Å²) in [6.07, 6.45) is 0. The van der Waals surface area contributed by atoms with Crippen molar-refractivity contribution in [1.29, 1.82) is 0 Å². The van der Waals surface area contributed by atoms with E-state index in [9.17, 15) is 4.79 Å². The quantitative estimate of drug-likeness (QED) is 0.532. The van der Waals surface area contributed by atoms with Gasteiger partial charge in [0.25, 0.3) is 0 Å². The Morgan fingerprint density at radius 2 is 1.76 bits per heavy atom. The first-order valence-corrected chi connectivity index (χ1v) is 6.50. The van der Waals surface area contributed by atoms with Crippen LogP contribution in [0.25, 0.3) is 5.70 Å². The van der Waals surface area contributed by atoms with E-state index in [2.05, 4.69) is 0 Å². The molecule has 0 aromatic heterocycles. The molecule has 0 heterocycles. The second kappa shape index (κ2) is 6.61. The van der Waals surface area contributed by atoms with Crippen LogP contribution in [0.4, 0.5) is 0 Å². The van der Waals surface area contributed by atoms with Gasteiger partial charge in [0.2, 0.25) is 5.76 Å². The van der Waals surface area contributed by atoms with E-state index in [1.54, 1.807) is 18.2 Å². The number of hydrogen-bond donors (Lipinski definition) is 1. The molecule has 0 amide bonds. The second-order valence-electron chi connectivity index (χ2n) is 4.52. The molecule has 0 spiro atoms. The van der Waals surface area contributed by atoms with Gasteiger partial charge in [0.1, 0.15) is 5.75 Å². The smallest absolute Gasteiger partial charge is 0.376 e. The fourth-order valence-corrected chi connectivity index (χ4v) is 1.84. The van der Waals surface area contributed by atoms with Crippen LogP contribution in [0, 0.1) is 6.92 Å². The lowest BCUT2D eigenvalue weighted by Crippen LogP contribution is -2.17. The van der Waals surface area contributed by atoms with Crippen LogP contribution in [0.3, 0.4) is 0 Å². The number of carbonyl (C=O) groups excluding carboxylic acids is 1. The predicted octanol–water partition coefficient (Wildman–Crippen LogP) is 2.87. The molecule has 0 bridgehead atoms. The normalized spacial score (nSPS) is 11.5. The van der Waals surface area contributed by atoms with Gasteiger partial charge in [-0.15, -0.1) is 0 Å². The van der Waals surface area contributed by atoms with Crippen LogP contribution >= 0.6 is 0 Å². The summed E-state index contributed by atoms with van der Waals surface area (Å²) in [4.78, 5) is 11.9. The first-order chi connectivity index (χ1) is 10.1. The zero-order chi connectivity index (χ0) is 15.2. The second-order valence-corrected chi connectivity index (χ2v) is 4.52. The van der Waals surface area contributed by atoms with Crippen molar-refractivity contribution in [3.63, 3.8) is 0 Å². The van der Waals surface area contributed by atoms with Crippen LogP contribution in [0.15, 0.2) is 60.4 Å². The molecular formula is C17H17NO3. The van der Waals surface area contributed by atoms with Gasteiger partial charge in [-0.05, 0) is 24.6 Å². The molecule has 2 rings (SSSR count). The largest absolute Gasteiger partial charge is 0.463 e. The summed E-state index contributed by atoms with van der Waals surface area (Å²) in [6, 6.07) is 16.5. The van der Waals surface area contributed by atoms with Crippen molar-refractivity contribution in [3.8, 4) is 5.75 Å². The average Bonchev–Trinajstić information content (AvgIpc) is 2.52. The molecule has 4 nitrogen and oxygen atoms in total. The van der Waals surface area contributed by atoms with Gasteiger partial charge in [-0.2, -0.15) is 0 Å². The van der Waals surface area contributed by atoms with Crippen LogP contribution < -0.4 is 10.5 Å². The first kappa shape index (κ1) is 14.7. The summed E-state index contributed by atoms with van der Waals surface area (Å²) in [5, 5.41) is 0. The minimum atomic E-state index is -0.613. The number of esters is 1. The molecule has 0 aliphatic carbocycles. The van der Waals surface area contributed by atoms with Gasteiger partial charge in [-0.25, -0.2) is 4.79 Å². The third kappa shape index (κ3) is 3.63. The molecule has 0 saturated carbocycles. The highest BCUT2D eigenvalue weighted by Gasteiger charge is 2.18. The van der Waals surface area contributed by atoms with Crippen molar-refractivity contribution in [3.05, 3.63) is 71.5 Å². The molecule has 21 heavy (non-hydrogen) atoms. The third-order valence-electron chi connectivity index (χ3n) is 2.91. The van der Waals surface area contributed by atoms with Crippen molar-refractivity contribution < 1.29 is 14.3 Å². The minimum Gasteiger partial charge on any atom is -0.463 e. The number of benzene rings is 2. The fraction of sp³-hybridized carbons (Fsp3) is 0.118. The van der Waals surface area contributed by atoms with Crippen LogP contribution in [0.1, 0.15) is 11.1 Å². The molecule has 0 fully saturated rings. The molecule has 0 unspecified atom stereocenters. The molecule has 0 radical (unpaired) electrons. The maximum absolute atomic E-state index is 11.9. The highest BCUT2D eigenvalue weighted by molar-refractivity contribution is 5.95. The Hall–Kier alpha value is -2.75. The van der Waals surface area contributed by atoms with Gasteiger partial charge in [-0.1, -0.05) is 42.5 Å². The van der Waals surface area contributed by atoms with Crippen molar-refractivity contribution in [2.24, 2.45) is 5.73 Å². The van der Waals surface area contributed by atoms with Crippen molar-refractivity contribution in [2.75, 3.05) is 7.11 Å². The molecule has 0 atom stereocenters. The van der Waals surface area contributed by atoms with Crippen molar-refractivity contribution >= 4 is 11.7 Å². The number of rotatable bonds is 4. The maximum atomic E-state index is 11.9. The zero-order valence-electron chi connectivity index (χ0n) is 12.0. The van der Waals surface area contributed by atoms with Gasteiger partial charge < -0.3 is 15.2 Å². The van der Waals surface area contributed by atoms with Crippen LogP contribution in [-0.2, 0) is 9.53 Å². The number of ether oxygens (including phenoxy) is 2. The molecule has 2 aromatic carbocycles. The lowest BCUT2D eigenvalue weighted by Gasteiger charge is -2.12. The topological polar surface area (TPSA) is 61.5 Å². The van der Waals surface area contributed by atoms with Crippen LogP contribution in [0.5, 0.6) is 5.75 Å². The van der Waals surface area contributed by atoms with E-state index >= 15 is 0 Å². The number of methoxy groups -OCH3 is 1. The van der Waals surface area contributed by atoms with Gasteiger partial charge in [0.05, 0.1) is 12.8 Å². The molecule has 0 aliphatic heterocycles. The Kier molecular flexibility index (Phi) is 4.61. The number of carbonyl (C=O) groups is 1. The summed E-state index contributed by atoms with van der Waals surface area (Å²) < 4.78 is 10.4. The Morgan fingerprint density at radius 1 is 1.05 bits per heavy atom. The first-order valence-electron chi connectivity index (χ1n) is 6.50. The Morgan fingerprint density at radius 3 is 2.38 bits per heavy atom. The van der Waals surface area contributed by atoms with Crippen molar-refractivity contribution in [2.45, 2.75) is 6.92 Å². The number of hydrogen-bond acceptors (Lipinski definition) is 4. The van der Waals surface area contributed by atoms with Crippen LogP contribution in [0.2, 0.25) is 0 Å². The average molecular weight is 283 g/mol. The highest BCUT2D eigenvalue weighted by atomic mass is 16.6. The van der Waals surface area contributed by atoms with Gasteiger partial charge in [0.15, 0.2) is 0 Å². The molecule has 0 saturated heterocycles. The lowest BCUT2D eigenvalue weighted by molar-refractivity contribution is -0.138. The SMILES string of the molecule is COC(=O)/C(Oc1cccc(C)c1)=C(\N)c1ccccc1. The molecule has 0 aliphatic rings. The third-order valence-corrected chi connectivity index (χ3v) is 2.91. The fourth-order valence-electron chi connectivity index (χ4n) is 1.84. The Balaban J connectivity index is 2.41. The van der Waals surface area contributed by atoms with E-state index in [1.807, 2.05) is 43.3 Å². The zero-order valence-corrected chi connectivity index (χ0v) is 12.0. The van der Waals surface area contributed by atoms with Gasteiger partial charge >= 0.3 is 5.97 Å². The monoisotopic (exact) mass is 283 g/mol. The maximum Gasteiger partial charge on any atom is 0.376 e. The van der Waals surface area contributed by atoms with E-state index in [0.29, 0.717) is 11.3 Å². The summed E-state index contributed by atoms with van der Waals surface area (Å²) in [6.45, 7) is 1.94. The summed E-state index contributed by atoms with van der Waals surface area (Å²) in [5.41, 5.74) is 8.02. The van der Waals surface area contributed by atoms with E-state index in [4.69, 9.17) is 15.2 Å². The van der Waals surface area contributed by atoms with E-state index in [1.165, 1.54) is 7.11 Å². The molecule has 2 aromatic rings. The predicted molar refractivity (Wildman–Crippen MR) is 81.4 cm³/mol. The van der Waals surface area contributed by atoms with Crippen molar-refractivity contribution in [1.82, 2.24) is 0 Å². The lowest BCUT2D eigenvalue weighted by atomic mass is 10.1. The Bertz CT molecular complexity index is 663. The number of aryl methyl sites for hydroxylation is 1. The minimum absolute atomic E-state index is 0.0192. The van der Waals surface area contributed by atoms with Crippen LogP contribution in [-0.4, -0.2) is 13.1 Å².